The van der Waals surface area contributed by atoms with E-state index in [2.05, 4.69) is 22.7 Å². The van der Waals surface area contributed by atoms with Gasteiger partial charge in [0, 0.05) is 38.3 Å². The first-order valence-electron chi connectivity index (χ1n) is 8.41. The summed E-state index contributed by atoms with van der Waals surface area (Å²) in [5, 5.41) is 10.2. The zero-order valence-corrected chi connectivity index (χ0v) is 13.8. The van der Waals surface area contributed by atoms with Crippen molar-refractivity contribution >= 4 is 17.8 Å². The molecular formula is C16H25N5O2. The van der Waals surface area contributed by atoms with Gasteiger partial charge in [-0.05, 0) is 25.2 Å². The molecule has 23 heavy (non-hydrogen) atoms. The third kappa shape index (κ3) is 3.65. The van der Waals surface area contributed by atoms with Crippen molar-refractivity contribution < 1.29 is 9.59 Å². The van der Waals surface area contributed by atoms with Gasteiger partial charge in [0.15, 0.2) is 5.82 Å². The van der Waals surface area contributed by atoms with Crippen molar-refractivity contribution in [3.8, 4) is 0 Å². The molecule has 126 valence electrons. The van der Waals surface area contributed by atoms with E-state index < -0.39 is 0 Å². The molecule has 3 atom stereocenters. The molecule has 0 radical (unpaired) electrons. The molecule has 0 aromatic carbocycles. The molecule has 2 heterocycles. The molecule has 1 aliphatic heterocycles. The van der Waals surface area contributed by atoms with E-state index in [1.54, 1.807) is 6.07 Å². The fourth-order valence-electron chi connectivity index (χ4n) is 3.54. The van der Waals surface area contributed by atoms with Crippen molar-refractivity contribution in [3.05, 3.63) is 12.3 Å². The van der Waals surface area contributed by atoms with E-state index in [-0.39, 0.29) is 18.0 Å². The van der Waals surface area contributed by atoms with E-state index in [9.17, 15) is 9.59 Å². The Morgan fingerprint density at radius 1 is 1.30 bits per heavy atom. The molecule has 2 fully saturated rings. The van der Waals surface area contributed by atoms with Crippen molar-refractivity contribution in [2.24, 2.45) is 5.92 Å². The SMILES string of the molecule is CC(=O)Nc1ccn([C@@H]2CCN(C(=O)N[C@@H]3CCC[C@@H]3C)C2)n1. The average Bonchev–Trinajstić information content (AvgIpc) is 3.19. The molecule has 1 aliphatic carbocycles. The van der Waals surface area contributed by atoms with Gasteiger partial charge in [0.05, 0.1) is 6.04 Å². The Kier molecular flexibility index (Phi) is 4.54. The van der Waals surface area contributed by atoms with Crippen molar-refractivity contribution in [1.29, 1.82) is 0 Å². The highest BCUT2D eigenvalue weighted by molar-refractivity contribution is 5.87. The Labute approximate surface area is 136 Å². The fraction of sp³-hybridized carbons (Fsp3) is 0.688. The zero-order valence-electron chi connectivity index (χ0n) is 13.8. The Bertz CT molecular complexity index is 585. The van der Waals surface area contributed by atoms with E-state index >= 15 is 0 Å². The first-order chi connectivity index (χ1) is 11.0. The Hall–Kier alpha value is -2.05. The number of anilines is 1. The van der Waals surface area contributed by atoms with Gasteiger partial charge >= 0.3 is 6.03 Å². The van der Waals surface area contributed by atoms with Gasteiger partial charge < -0.3 is 15.5 Å². The minimum absolute atomic E-state index is 0.0421. The van der Waals surface area contributed by atoms with Crippen molar-refractivity contribution in [3.63, 3.8) is 0 Å². The molecule has 2 aliphatic rings. The van der Waals surface area contributed by atoms with Gasteiger partial charge in [0.1, 0.15) is 0 Å². The van der Waals surface area contributed by atoms with Crippen molar-refractivity contribution in [2.45, 2.75) is 51.6 Å². The largest absolute Gasteiger partial charge is 0.335 e. The first kappa shape index (κ1) is 15.8. The maximum atomic E-state index is 12.4. The summed E-state index contributed by atoms with van der Waals surface area (Å²) in [5.74, 6) is 0.997. The van der Waals surface area contributed by atoms with E-state index in [0.29, 0.717) is 24.3 Å². The lowest BCUT2D eigenvalue weighted by molar-refractivity contribution is -0.114. The monoisotopic (exact) mass is 319 g/mol. The number of likely N-dealkylation sites (tertiary alicyclic amines) is 1. The molecule has 3 rings (SSSR count). The van der Waals surface area contributed by atoms with Crippen LogP contribution in [0, 0.1) is 5.92 Å². The number of urea groups is 1. The Morgan fingerprint density at radius 2 is 2.13 bits per heavy atom. The lowest BCUT2D eigenvalue weighted by atomic mass is 10.1. The van der Waals surface area contributed by atoms with Crippen LogP contribution in [0.3, 0.4) is 0 Å². The predicted octanol–water partition coefficient (Wildman–Crippen LogP) is 1.99. The van der Waals surface area contributed by atoms with Gasteiger partial charge in [-0.25, -0.2) is 4.79 Å². The van der Waals surface area contributed by atoms with Crippen LogP contribution < -0.4 is 10.6 Å². The zero-order chi connectivity index (χ0) is 16.4. The number of hydrogen-bond acceptors (Lipinski definition) is 3. The molecule has 7 heteroatoms. The second-order valence-electron chi connectivity index (χ2n) is 6.71. The highest BCUT2D eigenvalue weighted by Crippen LogP contribution is 2.26. The van der Waals surface area contributed by atoms with Gasteiger partial charge in [0.25, 0.3) is 0 Å². The first-order valence-corrected chi connectivity index (χ1v) is 8.41. The number of rotatable bonds is 3. The van der Waals surface area contributed by atoms with Gasteiger partial charge in [-0.3, -0.25) is 9.48 Å². The summed E-state index contributed by atoms with van der Waals surface area (Å²) in [6.45, 7) is 5.07. The van der Waals surface area contributed by atoms with Crippen LogP contribution in [0.1, 0.15) is 45.6 Å². The summed E-state index contributed by atoms with van der Waals surface area (Å²) in [6.07, 6.45) is 6.23. The number of hydrogen-bond donors (Lipinski definition) is 2. The van der Waals surface area contributed by atoms with Crippen molar-refractivity contribution in [2.75, 3.05) is 18.4 Å². The van der Waals surface area contributed by atoms with Crippen LogP contribution in [-0.2, 0) is 4.79 Å². The second kappa shape index (κ2) is 6.60. The van der Waals surface area contributed by atoms with Crippen LogP contribution >= 0.6 is 0 Å². The second-order valence-corrected chi connectivity index (χ2v) is 6.71. The van der Waals surface area contributed by atoms with Crippen LogP contribution in [0.4, 0.5) is 10.6 Å². The van der Waals surface area contributed by atoms with Gasteiger partial charge in [-0.15, -0.1) is 0 Å². The predicted molar refractivity (Wildman–Crippen MR) is 87.1 cm³/mol. The van der Waals surface area contributed by atoms with Crippen LogP contribution in [-0.4, -0.2) is 45.8 Å². The minimum atomic E-state index is -0.131. The normalized spacial score (nSPS) is 27.2. The number of amides is 3. The summed E-state index contributed by atoms with van der Waals surface area (Å²) in [7, 11) is 0. The standard InChI is InChI=1S/C16H25N5O2/c1-11-4-3-5-14(11)18-16(23)20-8-6-13(10-20)21-9-7-15(19-21)17-12(2)22/h7,9,11,13-14H,3-6,8,10H2,1-2H3,(H,18,23)(H,17,19,22)/t11-,13+,14+/m0/s1. The van der Waals surface area contributed by atoms with E-state index in [1.807, 2.05) is 15.8 Å². The molecule has 3 amide bonds. The summed E-state index contributed by atoms with van der Waals surface area (Å²) in [6, 6.07) is 2.31. The number of aromatic nitrogens is 2. The number of carbonyl (C=O) groups excluding carboxylic acids is 2. The fourth-order valence-corrected chi connectivity index (χ4v) is 3.54. The Morgan fingerprint density at radius 3 is 2.83 bits per heavy atom. The van der Waals surface area contributed by atoms with Crippen LogP contribution in [0.2, 0.25) is 0 Å². The molecule has 1 saturated carbocycles. The molecule has 0 unspecified atom stereocenters. The quantitative estimate of drug-likeness (QED) is 0.894. The number of nitrogens with zero attached hydrogens (tertiary/aromatic N) is 3. The van der Waals surface area contributed by atoms with Crippen LogP contribution in [0.5, 0.6) is 0 Å². The van der Waals surface area contributed by atoms with Gasteiger partial charge in [-0.2, -0.15) is 5.10 Å². The summed E-state index contributed by atoms with van der Waals surface area (Å²) >= 11 is 0. The van der Waals surface area contributed by atoms with E-state index in [4.69, 9.17) is 0 Å². The number of carbonyl (C=O) groups is 2. The number of nitrogens with one attached hydrogen (secondary N) is 2. The Balaban J connectivity index is 1.54. The van der Waals surface area contributed by atoms with Gasteiger partial charge in [0.2, 0.25) is 5.91 Å². The summed E-state index contributed by atoms with van der Waals surface area (Å²) < 4.78 is 1.84. The molecule has 2 N–H and O–H groups in total. The molecule has 7 nitrogen and oxygen atoms in total. The smallest absolute Gasteiger partial charge is 0.317 e. The van der Waals surface area contributed by atoms with Crippen molar-refractivity contribution in [1.82, 2.24) is 20.0 Å². The van der Waals surface area contributed by atoms with E-state index in [1.165, 1.54) is 19.8 Å². The summed E-state index contributed by atoms with van der Waals surface area (Å²) in [5.41, 5.74) is 0. The van der Waals surface area contributed by atoms with Crippen LogP contribution in [0.15, 0.2) is 12.3 Å². The molecule has 0 spiro atoms. The maximum Gasteiger partial charge on any atom is 0.317 e. The minimum Gasteiger partial charge on any atom is -0.335 e. The van der Waals surface area contributed by atoms with Crippen LogP contribution in [0.25, 0.3) is 0 Å². The van der Waals surface area contributed by atoms with E-state index in [0.717, 1.165) is 19.4 Å². The molecule has 1 saturated heterocycles. The third-order valence-electron chi connectivity index (χ3n) is 4.91. The van der Waals surface area contributed by atoms with Gasteiger partial charge in [-0.1, -0.05) is 13.3 Å². The highest BCUT2D eigenvalue weighted by atomic mass is 16.2. The third-order valence-corrected chi connectivity index (χ3v) is 4.91. The average molecular weight is 319 g/mol. The highest BCUT2D eigenvalue weighted by Gasteiger charge is 2.31. The summed E-state index contributed by atoms with van der Waals surface area (Å²) in [4.78, 5) is 25.3. The lowest BCUT2D eigenvalue weighted by Crippen LogP contribution is -2.44. The maximum absolute atomic E-state index is 12.4. The topological polar surface area (TPSA) is 79.3 Å². The molecular weight excluding hydrogens is 294 g/mol. The molecule has 1 aromatic heterocycles. The molecule has 1 aromatic rings. The molecule has 0 bridgehead atoms. The lowest BCUT2D eigenvalue weighted by Gasteiger charge is -2.23.